The van der Waals surface area contributed by atoms with Gasteiger partial charge in [-0.1, -0.05) is 0 Å². The summed E-state index contributed by atoms with van der Waals surface area (Å²) in [6.45, 7) is 6.86. The molecule has 3 amide bonds. The summed E-state index contributed by atoms with van der Waals surface area (Å²) in [6.07, 6.45) is 1.69. The van der Waals surface area contributed by atoms with Crippen LogP contribution in [0.15, 0.2) is 6.33 Å². The molecule has 0 aliphatic carbocycles. The highest BCUT2D eigenvalue weighted by Gasteiger charge is 2.30. The Morgan fingerprint density at radius 3 is 2.61 bits per heavy atom. The van der Waals surface area contributed by atoms with Crippen LogP contribution >= 0.6 is 11.3 Å². The molecule has 150 valence electrons. The Balaban J connectivity index is 1.63. The number of fused-ring (bicyclic) bond motifs is 1. The van der Waals surface area contributed by atoms with Gasteiger partial charge in [-0.3, -0.25) is 14.9 Å². The van der Waals surface area contributed by atoms with Gasteiger partial charge in [-0.25, -0.2) is 14.8 Å². The van der Waals surface area contributed by atoms with Gasteiger partial charge >= 0.3 is 12.0 Å². The molecule has 10 heteroatoms. The van der Waals surface area contributed by atoms with Gasteiger partial charge in [0.05, 0.1) is 11.3 Å². The molecule has 0 radical (unpaired) electrons. The molecule has 0 bridgehead atoms. The van der Waals surface area contributed by atoms with Crippen LogP contribution in [0, 0.1) is 19.8 Å². The van der Waals surface area contributed by atoms with E-state index in [-0.39, 0.29) is 5.92 Å². The summed E-state index contributed by atoms with van der Waals surface area (Å²) in [4.78, 5) is 47.9. The number of esters is 1. The number of carbonyl (C=O) groups is 3. The second-order valence-corrected chi connectivity index (χ2v) is 8.06. The Morgan fingerprint density at radius 2 is 1.96 bits per heavy atom. The van der Waals surface area contributed by atoms with Gasteiger partial charge in [-0.2, -0.15) is 0 Å². The zero-order valence-corrected chi connectivity index (χ0v) is 16.8. The first-order valence-corrected chi connectivity index (χ1v) is 9.86. The summed E-state index contributed by atoms with van der Waals surface area (Å²) in [5.74, 6) is -0.581. The molecule has 1 saturated heterocycles. The molecule has 0 unspecified atom stereocenters. The number of hydrogen-bond donors (Lipinski definition) is 2. The van der Waals surface area contributed by atoms with E-state index < -0.39 is 24.0 Å². The normalized spacial score (nSPS) is 16.0. The van der Waals surface area contributed by atoms with Crippen LogP contribution < -0.4 is 16.0 Å². The van der Waals surface area contributed by atoms with Crippen molar-refractivity contribution in [3.8, 4) is 0 Å². The predicted molar refractivity (Wildman–Crippen MR) is 105 cm³/mol. The Bertz CT molecular complexity index is 920. The number of urea groups is 1. The van der Waals surface area contributed by atoms with Crippen LogP contribution in [0.3, 0.4) is 0 Å². The van der Waals surface area contributed by atoms with Gasteiger partial charge in [0.1, 0.15) is 17.0 Å². The first-order chi connectivity index (χ1) is 13.3. The van der Waals surface area contributed by atoms with Crippen LogP contribution in [0.2, 0.25) is 0 Å². The van der Waals surface area contributed by atoms with Crippen molar-refractivity contribution in [1.29, 1.82) is 0 Å². The molecule has 0 aromatic carbocycles. The second kappa shape index (κ2) is 8.09. The van der Waals surface area contributed by atoms with Gasteiger partial charge in [0.15, 0.2) is 6.10 Å². The van der Waals surface area contributed by atoms with E-state index in [2.05, 4.69) is 28.7 Å². The molecule has 3 heterocycles. The number of nitrogens with two attached hydrogens (primary N) is 1. The smallest absolute Gasteiger partial charge is 0.318 e. The van der Waals surface area contributed by atoms with Crippen molar-refractivity contribution in [3.63, 3.8) is 0 Å². The van der Waals surface area contributed by atoms with Gasteiger partial charge in [-0.15, -0.1) is 11.3 Å². The van der Waals surface area contributed by atoms with E-state index >= 15 is 0 Å². The lowest BCUT2D eigenvalue weighted by atomic mass is 9.96. The number of nitrogens with zero attached hydrogens (tertiary/aromatic N) is 3. The number of anilines is 1. The summed E-state index contributed by atoms with van der Waals surface area (Å²) >= 11 is 1.65. The minimum atomic E-state index is -1.07. The monoisotopic (exact) mass is 405 g/mol. The van der Waals surface area contributed by atoms with E-state index in [4.69, 9.17) is 10.5 Å². The number of carbonyl (C=O) groups excluding carboxylic acids is 3. The summed E-state index contributed by atoms with van der Waals surface area (Å²) in [7, 11) is 0. The third-order valence-electron chi connectivity index (χ3n) is 4.98. The van der Waals surface area contributed by atoms with E-state index in [1.165, 1.54) is 17.4 Å². The van der Waals surface area contributed by atoms with Gasteiger partial charge < -0.3 is 15.4 Å². The fraction of sp³-hybridized carbons (Fsp3) is 0.500. The van der Waals surface area contributed by atoms with Crippen molar-refractivity contribution in [2.24, 2.45) is 11.7 Å². The Kier molecular flexibility index (Phi) is 5.78. The van der Waals surface area contributed by atoms with Crippen LogP contribution in [-0.4, -0.2) is 47.1 Å². The molecule has 0 spiro atoms. The molecule has 1 fully saturated rings. The predicted octanol–water partition coefficient (Wildman–Crippen LogP) is 1.65. The standard InChI is InChI=1S/C18H23N5O4S/c1-9-11(3)28-16-13(9)14(20-8-21-16)23-6-4-12(5-7-23)17(25)27-10(2)15(24)22-18(19)26/h8,10,12H,4-7H2,1-3H3,(H3,19,22,24,26)/t10-/m0/s1. The first kappa shape index (κ1) is 20.0. The molecule has 3 rings (SSSR count). The third-order valence-corrected chi connectivity index (χ3v) is 6.10. The largest absolute Gasteiger partial charge is 0.452 e. The average Bonchev–Trinajstić information content (AvgIpc) is 2.95. The van der Waals surface area contributed by atoms with Crippen molar-refractivity contribution < 1.29 is 19.1 Å². The lowest BCUT2D eigenvalue weighted by Gasteiger charge is -2.32. The minimum Gasteiger partial charge on any atom is -0.452 e. The topological polar surface area (TPSA) is 128 Å². The Hall–Kier alpha value is -2.75. The summed E-state index contributed by atoms with van der Waals surface area (Å²) < 4.78 is 5.18. The first-order valence-electron chi connectivity index (χ1n) is 9.04. The Morgan fingerprint density at radius 1 is 1.29 bits per heavy atom. The van der Waals surface area contributed by atoms with Crippen LogP contribution in [0.25, 0.3) is 10.2 Å². The molecule has 0 saturated carbocycles. The molecule has 9 nitrogen and oxygen atoms in total. The maximum atomic E-state index is 12.4. The quantitative estimate of drug-likeness (QED) is 0.740. The summed E-state index contributed by atoms with van der Waals surface area (Å²) in [6, 6.07) is -0.976. The number of thiophene rings is 1. The molecular formula is C18H23N5O4S. The number of nitrogens with one attached hydrogen (secondary N) is 1. The Labute approximate surface area is 166 Å². The van der Waals surface area contributed by atoms with Crippen LogP contribution in [-0.2, 0) is 14.3 Å². The number of rotatable bonds is 4. The third kappa shape index (κ3) is 4.06. The van der Waals surface area contributed by atoms with Crippen molar-refractivity contribution in [3.05, 3.63) is 16.8 Å². The maximum Gasteiger partial charge on any atom is 0.318 e. The van der Waals surface area contributed by atoms with Crippen molar-refractivity contribution >= 4 is 45.3 Å². The molecule has 1 atom stereocenters. The number of imide groups is 1. The molecule has 1 aliphatic heterocycles. The van der Waals surface area contributed by atoms with Crippen molar-refractivity contribution in [2.75, 3.05) is 18.0 Å². The van der Waals surface area contributed by atoms with Crippen molar-refractivity contribution in [1.82, 2.24) is 15.3 Å². The minimum absolute atomic E-state index is 0.303. The van der Waals surface area contributed by atoms with E-state index in [0.29, 0.717) is 25.9 Å². The van der Waals surface area contributed by atoms with Crippen molar-refractivity contribution in [2.45, 2.75) is 39.7 Å². The lowest BCUT2D eigenvalue weighted by molar-refractivity contribution is -0.159. The fourth-order valence-electron chi connectivity index (χ4n) is 3.28. The lowest BCUT2D eigenvalue weighted by Crippen LogP contribution is -2.44. The molecule has 3 N–H and O–H groups in total. The summed E-state index contributed by atoms with van der Waals surface area (Å²) in [5, 5.41) is 2.98. The number of hydrogen-bond acceptors (Lipinski definition) is 8. The number of amides is 3. The van der Waals surface area contributed by atoms with Crippen LogP contribution in [0.5, 0.6) is 0 Å². The zero-order chi connectivity index (χ0) is 20.4. The van der Waals surface area contributed by atoms with Gasteiger partial charge in [0, 0.05) is 18.0 Å². The number of aromatic nitrogens is 2. The SMILES string of the molecule is Cc1sc2ncnc(N3CCC(C(=O)O[C@@H](C)C(=O)NC(N)=O)CC3)c2c1C. The van der Waals surface area contributed by atoms with Gasteiger partial charge in [0.2, 0.25) is 0 Å². The van der Waals surface area contributed by atoms with Gasteiger partial charge in [0.25, 0.3) is 5.91 Å². The van der Waals surface area contributed by atoms with Crippen LogP contribution in [0.1, 0.15) is 30.2 Å². The van der Waals surface area contributed by atoms with E-state index in [1.807, 2.05) is 5.32 Å². The highest BCUT2D eigenvalue weighted by atomic mass is 32.1. The fourth-order valence-corrected chi connectivity index (χ4v) is 4.27. The number of primary amides is 1. The number of aryl methyl sites for hydroxylation is 2. The van der Waals surface area contributed by atoms with E-state index in [1.54, 1.807) is 17.7 Å². The average molecular weight is 405 g/mol. The highest BCUT2D eigenvalue weighted by molar-refractivity contribution is 7.18. The molecular weight excluding hydrogens is 382 g/mol. The highest BCUT2D eigenvalue weighted by Crippen LogP contribution is 2.35. The van der Waals surface area contributed by atoms with E-state index in [0.717, 1.165) is 16.0 Å². The summed E-state index contributed by atoms with van der Waals surface area (Å²) in [5.41, 5.74) is 6.09. The zero-order valence-electron chi connectivity index (χ0n) is 16.0. The van der Waals surface area contributed by atoms with Gasteiger partial charge in [-0.05, 0) is 39.2 Å². The van der Waals surface area contributed by atoms with E-state index in [9.17, 15) is 14.4 Å². The molecule has 2 aromatic heterocycles. The molecule has 1 aliphatic rings. The molecule has 28 heavy (non-hydrogen) atoms. The molecule has 2 aromatic rings. The second-order valence-electron chi connectivity index (χ2n) is 6.85. The van der Waals surface area contributed by atoms with Crippen LogP contribution in [0.4, 0.5) is 10.6 Å². The number of ether oxygens (including phenoxy) is 1. The number of piperidine rings is 1. The maximum absolute atomic E-state index is 12.4.